The maximum absolute atomic E-state index is 12.4. The second kappa shape index (κ2) is 12.2. The Morgan fingerprint density at radius 3 is 2.50 bits per heavy atom. The Hall–Kier alpha value is -2.59. The average Bonchev–Trinajstić information content (AvgIpc) is 2.72. The third-order valence-electron chi connectivity index (χ3n) is 3.47. The van der Waals surface area contributed by atoms with Crippen molar-refractivity contribution in [1.82, 2.24) is 16.2 Å². The molecule has 0 bridgehead atoms. The number of ether oxygens (including phenoxy) is 3. The lowest BCUT2D eigenvalue weighted by atomic mass is 10.2. The lowest BCUT2D eigenvalue weighted by Gasteiger charge is -2.13. The normalized spacial score (nSPS) is 10.1. The second-order valence-electron chi connectivity index (χ2n) is 5.66. The van der Waals surface area contributed by atoms with E-state index in [0.717, 1.165) is 0 Å². The molecule has 0 aromatic heterocycles. The van der Waals surface area contributed by atoms with Crippen LogP contribution in [0.5, 0.6) is 11.5 Å². The number of carbonyl (C=O) groups is 2. The standard InChI is InChI=1S/C19H19Cl2N3O5S/c1-27-8-9-28-15-5-3-2-4-13(15)18(26)22-19(30)24-23-17(25)11-29-16-7-6-12(20)10-14(16)21/h2-7,10H,8-9,11H2,1H3,(H,23,25)(H2,22,24,26,30). The fraction of sp³-hybridized carbons (Fsp3) is 0.211. The largest absolute Gasteiger partial charge is 0.490 e. The van der Waals surface area contributed by atoms with Crippen molar-refractivity contribution in [2.75, 3.05) is 26.9 Å². The van der Waals surface area contributed by atoms with Crippen LogP contribution < -0.4 is 25.6 Å². The monoisotopic (exact) mass is 471 g/mol. The molecule has 2 aromatic rings. The number of thiocarbonyl (C=S) groups is 1. The minimum absolute atomic E-state index is 0.107. The van der Waals surface area contributed by atoms with Gasteiger partial charge in [0.15, 0.2) is 11.7 Å². The van der Waals surface area contributed by atoms with Gasteiger partial charge in [-0.1, -0.05) is 35.3 Å². The van der Waals surface area contributed by atoms with Crippen molar-refractivity contribution in [2.24, 2.45) is 0 Å². The molecule has 0 unspecified atom stereocenters. The van der Waals surface area contributed by atoms with E-state index in [2.05, 4.69) is 16.2 Å². The molecule has 0 heterocycles. The van der Waals surface area contributed by atoms with E-state index in [1.165, 1.54) is 6.07 Å². The smallest absolute Gasteiger partial charge is 0.276 e. The first-order valence-corrected chi connectivity index (χ1v) is 9.76. The summed E-state index contributed by atoms with van der Waals surface area (Å²) in [6.45, 7) is 0.337. The number of halogens is 2. The first-order chi connectivity index (χ1) is 14.4. The van der Waals surface area contributed by atoms with Crippen LogP contribution in [0.1, 0.15) is 10.4 Å². The zero-order valence-electron chi connectivity index (χ0n) is 15.9. The van der Waals surface area contributed by atoms with Gasteiger partial charge in [-0.15, -0.1) is 0 Å². The van der Waals surface area contributed by atoms with E-state index in [1.54, 1.807) is 43.5 Å². The Morgan fingerprint density at radius 2 is 1.77 bits per heavy atom. The highest BCUT2D eigenvalue weighted by molar-refractivity contribution is 7.80. The Balaban J connectivity index is 1.80. The predicted molar refractivity (Wildman–Crippen MR) is 117 cm³/mol. The van der Waals surface area contributed by atoms with Gasteiger partial charge in [-0.05, 0) is 42.5 Å². The summed E-state index contributed by atoms with van der Waals surface area (Å²) in [7, 11) is 1.55. The number of hydrogen-bond acceptors (Lipinski definition) is 6. The van der Waals surface area contributed by atoms with E-state index >= 15 is 0 Å². The summed E-state index contributed by atoms with van der Waals surface area (Å²) < 4.78 is 15.7. The lowest BCUT2D eigenvalue weighted by molar-refractivity contribution is -0.123. The molecule has 160 valence electrons. The molecular weight excluding hydrogens is 453 g/mol. The summed E-state index contributed by atoms with van der Waals surface area (Å²) in [5.74, 6) is -0.357. The number of para-hydroxylation sites is 1. The minimum Gasteiger partial charge on any atom is -0.490 e. The summed E-state index contributed by atoms with van der Waals surface area (Å²) in [5.41, 5.74) is 5.01. The molecule has 11 heteroatoms. The summed E-state index contributed by atoms with van der Waals surface area (Å²) >= 11 is 16.8. The molecule has 0 spiro atoms. The van der Waals surface area contributed by atoms with E-state index < -0.39 is 11.8 Å². The molecule has 8 nitrogen and oxygen atoms in total. The number of amides is 2. The van der Waals surface area contributed by atoms with Crippen LogP contribution in [0.15, 0.2) is 42.5 Å². The third kappa shape index (κ3) is 7.68. The van der Waals surface area contributed by atoms with Crippen molar-refractivity contribution in [3.8, 4) is 11.5 Å². The molecule has 0 saturated heterocycles. The Labute approximate surface area is 188 Å². The van der Waals surface area contributed by atoms with Crippen LogP contribution in [-0.4, -0.2) is 43.9 Å². The van der Waals surface area contributed by atoms with Gasteiger partial charge in [0.1, 0.15) is 18.1 Å². The lowest BCUT2D eigenvalue weighted by Crippen LogP contribution is -2.49. The molecule has 0 aliphatic rings. The van der Waals surface area contributed by atoms with Crippen LogP contribution >= 0.6 is 35.4 Å². The van der Waals surface area contributed by atoms with Crippen molar-refractivity contribution in [3.63, 3.8) is 0 Å². The fourth-order valence-electron chi connectivity index (χ4n) is 2.11. The third-order valence-corrected chi connectivity index (χ3v) is 4.21. The molecule has 3 N–H and O–H groups in total. The molecule has 0 radical (unpaired) electrons. The molecule has 2 aromatic carbocycles. The van der Waals surface area contributed by atoms with Crippen LogP contribution in [-0.2, 0) is 9.53 Å². The molecular formula is C19H19Cl2N3O5S. The van der Waals surface area contributed by atoms with Crippen LogP contribution in [0.2, 0.25) is 10.0 Å². The zero-order valence-corrected chi connectivity index (χ0v) is 18.2. The van der Waals surface area contributed by atoms with E-state index in [9.17, 15) is 9.59 Å². The van der Waals surface area contributed by atoms with Crippen LogP contribution in [0, 0.1) is 0 Å². The number of hydrogen-bond donors (Lipinski definition) is 3. The molecule has 0 aliphatic carbocycles. The highest BCUT2D eigenvalue weighted by Gasteiger charge is 2.14. The highest BCUT2D eigenvalue weighted by Crippen LogP contribution is 2.27. The zero-order chi connectivity index (χ0) is 21.9. The number of methoxy groups -OCH3 is 1. The number of carbonyl (C=O) groups excluding carboxylic acids is 2. The van der Waals surface area contributed by atoms with Crippen molar-refractivity contribution in [1.29, 1.82) is 0 Å². The quantitative estimate of drug-likeness (QED) is 0.309. The highest BCUT2D eigenvalue weighted by atomic mass is 35.5. The van der Waals surface area contributed by atoms with Crippen molar-refractivity contribution in [3.05, 3.63) is 58.1 Å². The van der Waals surface area contributed by atoms with Crippen molar-refractivity contribution < 1.29 is 23.8 Å². The Kier molecular flexibility index (Phi) is 9.62. The van der Waals surface area contributed by atoms with Gasteiger partial charge in [0.2, 0.25) is 0 Å². The van der Waals surface area contributed by atoms with E-state index in [4.69, 9.17) is 49.6 Å². The summed E-state index contributed by atoms with van der Waals surface area (Å²) in [6, 6.07) is 11.3. The fourth-order valence-corrected chi connectivity index (χ4v) is 2.72. The molecule has 0 atom stereocenters. The topological polar surface area (TPSA) is 97.9 Å². The van der Waals surface area contributed by atoms with Gasteiger partial charge in [0.25, 0.3) is 11.8 Å². The van der Waals surface area contributed by atoms with Gasteiger partial charge < -0.3 is 14.2 Å². The van der Waals surface area contributed by atoms with E-state index in [1.807, 2.05) is 0 Å². The predicted octanol–water partition coefficient (Wildman–Crippen LogP) is 2.73. The van der Waals surface area contributed by atoms with Crippen molar-refractivity contribution >= 4 is 52.3 Å². The Bertz CT molecular complexity index is 913. The SMILES string of the molecule is COCCOc1ccccc1C(=O)NC(=S)NNC(=O)COc1ccc(Cl)cc1Cl. The summed E-state index contributed by atoms with van der Waals surface area (Å²) in [5, 5.41) is 3.07. The number of hydrazine groups is 1. The van der Waals surface area contributed by atoms with Gasteiger partial charge >= 0.3 is 0 Å². The molecule has 30 heavy (non-hydrogen) atoms. The molecule has 2 rings (SSSR count). The number of benzene rings is 2. The Morgan fingerprint density at radius 1 is 1.00 bits per heavy atom. The second-order valence-corrected chi connectivity index (χ2v) is 6.91. The first kappa shape index (κ1) is 23.7. The first-order valence-electron chi connectivity index (χ1n) is 8.59. The molecule has 2 amide bonds. The van der Waals surface area contributed by atoms with Gasteiger partial charge in [0.05, 0.1) is 17.2 Å². The van der Waals surface area contributed by atoms with Crippen LogP contribution in [0.4, 0.5) is 0 Å². The molecule has 0 fully saturated rings. The summed E-state index contributed by atoms with van der Waals surface area (Å²) in [4.78, 5) is 24.3. The van der Waals surface area contributed by atoms with Crippen molar-refractivity contribution in [2.45, 2.75) is 0 Å². The van der Waals surface area contributed by atoms with Gasteiger partial charge in [-0.25, -0.2) is 0 Å². The van der Waals surface area contributed by atoms with Gasteiger partial charge in [0, 0.05) is 12.1 Å². The molecule has 0 aliphatic heterocycles. The number of nitrogens with one attached hydrogen (secondary N) is 3. The van der Waals surface area contributed by atoms with Crippen LogP contribution in [0.25, 0.3) is 0 Å². The average molecular weight is 472 g/mol. The van der Waals surface area contributed by atoms with Gasteiger partial charge in [-0.3, -0.25) is 25.8 Å². The maximum atomic E-state index is 12.4. The molecule has 0 saturated carbocycles. The van der Waals surface area contributed by atoms with Gasteiger partial charge in [-0.2, -0.15) is 0 Å². The maximum Gasteiger partial charge on any atom is 0.276 e. The van der Waals surface area contributed by atoms with E-state index in [-0.39, 0.29) is 28.9 Å². The minimum atomic E-state index is -0.541. The van der Waals surface area contributed by atoms with Crippen LogP contribution in [0.3, 0.4) is 0 Å². The summed E-state index contributed by atoms with van der Waals surface area (Å²) in [6.07, 6.45) is 0. The number of rotatable bonds is 8. The van der Waals surface area contributed by atoms with E-state index in [0.29, 0.717) is 23.1 Å².